The summed E-state index contributed by atoms with van der Waals surface area (Å²) < 4.78 is 5.55. The minimum atomic E-state index is 0.449. The molecule has 21 heavy (non-hydrogen) atoms. The molecular formula is C16H23N3OS. The summed E-state index contributed by atoms with van der Waals surface area (Å²) in [5, 5.41) is 3.42. The highest BCUT2D eigenvalue weighted by Crippen LogP contribution is 2.29. The van der Waals surface area contributed by atoms with Crippen LogP contribution in [-0.2, 0) is 4.74 Å². The molecule has 0 unspecified atom stereocenters. The van der Waals surface area contributed by atoms with E-state index in [0.29, 0.717) is 24.4 Å². The lowest BCUT2D eigenvalue weighted by Gasteiger charge is -2.35. The molecule has 2 rings (SSSR count). The third-order valence-electron chi connectivity index (χ3n) is 3.69. The van der Waals surface area contributed by atoms with Gasteiger partial charge in [-0.05, 0) is 43.2 Å². The van der Waals surface area contributed by atoms with Gasteiger partial charge in [-0.2, -0.15) is 0 Å². The molecule has 4 nitrogen and oxygen atoms in total. The van der Waals surface area contributed by atoms with Crippen LogP contribution in [0.5, 0.6) is 0 Å². The summed E-state index contributed by atoms with van der Waals surface area (Å²) in [6.07, 6.45) is 9.26. The van der Waals surface area contributed by atoms with E-state index in [9.17, 15) is 0 Å². The summed E-state index contributed by atoms with van der Waals surface area (Å²) in [6.45, 7) is 6.88. The summed E-state index contributed by atoms with van der Waals surface area (Å²) in [5.41, 5.74) is 1.30. The third-order valence-corrected chi connectivity index (χ3v) is 3.95. The summed E-state index contributed by atoms with van der Waals surface area (Å²) in [5.74, 6) is 0. The monoisotopic (exact) mass is 305 g/mol. The molecule has 2 heterocycles. The standard InChI is InChI=1S/C16H23N3OS/c1-2-8-18-16(21)20-12-11-19-10-4-3-7-15(19)14-6-5-9-17-13-14/h2,5-6,9,13,15H,1,3-4,7-8,10-12H2,(H,18,21)/t15-/m1/s1. The number of ether oxygens (including phenoxy) is 1. The molecular weight excluding hydrogens is 282 g/mol. The molecule has 1 saturated heterocycles. The zero-order valence-corrected chi connectivity index (χ0v) is 13.1. The van der Waals surface area contributed by atoms with Crippen molar-refractivity contribution in [2.75, 3.05) is 26.2 Å². The van der Waals surface area contributed by atoms with Crippen LogP contribution in [-0.4, -0.2) is 41.3 Å². The molecule has 1 aliphatic heterocycles. The Morgan fingerprint density at radius 2 is 2.48 bits per heavy atom. The molecule has 1 atom stereocenters. The Morgan fingerprint density at radius 1 is 1.57 bits per heavy atom. The number of nitrogens with zero attached hydrogens (tertiary/aromatic N) is 2. The molecule has 5 heteroatoms. The summed E-state index contributed by atoms with van der Waals surface area (Å²) in [6, 6.07) is 4.62. The van der Waals surface area contributed by atoms with Crippen LogP contribution in [0, 0.1) is 0 Å². The molecule has 0 aliphatic carbocycles. The molecule has 0 radical (unpaired) electrons. The quantitative estimate of drug-likeness (QED) is 0.646. The molecule has 0 aromatic carbocycles. The highest BCUT2D eigenvalue weighted by Gasteiger charge is 2.23. The van der Waals surface area contributed by atoms with Crippen molar-refractivity contribution in [3.05, 3.63) is 42.7 Å². The van der Waals surface area contributed by atoms with Gasteiger partial charge in [0.05, 0.1) is 0 Å². The smallest absolute Gasteiger partial charge is 0.256 e. The van der Waals surface area contributed by atoms with Gasteiger partial charge in [0.2, 0.25) is 0 Å². The molecule has 0 saturated carbocycles. The average Bonchev–Trinajstić information content (AvgIpc) is 2.54. The van der Waals surface area contributed by atoms with E-state index in [2.05, 4.69) is 27.8 Å². The van der Waals surface area contributed by atoms with E-state index in [1.807, 2.05) is 18.5 Å². The number of nitrogens with one attached hydrogen (secondary N) is 1. The van der Waals surface area contributed by atoms with Crippen molar-refractivity contribution in [3.63, 3.8) is 0 Å². The van der Waals surface area contributed by atoms with Crippen LogP contribution >= 0.6 is 12.2 Å². The Hall–Kier alpha value is -1.46. The fraction of sp³-hybridized carbons (Fsp3) is 0.500. The predicted octanol–water partition coefficient (Wildman–Crippen LogP) is 2.69. The largest absolute Gasteiger partial charge is 0.470 e. The first kappa shape index (κ1) is 15.9. The Bertz CT molecular complexity index is 452. The summed E-state index contributed by atoms with van der Waals surface area (Å²) in [7, 11) is 0. The van der Waals surface area contributed by atoms with E-state index in [1.54, 1.807) is 6.08 Å². The van der Waals surface area contributed by atoms with Crippen molar-refractivity contribution in [3.8, 4) is 0 Å². The first-order valence-electron chi connectivity index (χ1n) is 7.46. The van der Waals surface area contributed by atoms with Crippen LogP contribution in [0.2, 0.25) is 0 Å². The molecule has 0 spiro atoms. The van der Waals surface area contributed by atoms with Gasteiger partial charge in [-0.1, -0.05) is 18.6 Å². The minimum Gasteiger partial charge on any atom is -0.470 e. The highest BCUT2D eigenvalue weighted by molar-refractivity contribution is 7.80. The molecule has 1 N–H and O–H groups in total. The number of likely N-dealkylation sites (tertiary alicyclic amines) is 1. The maximum atomic E-state index is 5.55. The maximum Gasteiger partial charge on any atom is 0.256 e. The van der Waals surface area contributed by atoms with Crippen LogP contribution in [0.1, 0.15) is 30.9 Å². The van der Waals surface area contributed by atoms with Gasteiger partial charge in [-0.3, -0.25) is 9.88 Å². The zero-order chi connectivity index (χ0) is 14.9. The van der Waals surface area contributed by atoms with Crippen LogP contribution < -0.4 is 5.32 Å². The van der Waals surface area contributed by atoms with E-state index in [0.717, 1.165) is 13.1 Å². The number of thiocarbonyl (C=S) groups is 1. The second kappa shape index (κ2) is 8.74. The van der Waals surface area contributed by atoms with Gasteiger partial charge in [-0.25, -0.2) is 0 Å². The average molecular weight is 305 g/mol. The van der Waals surface area contributed by atoms with Gasteiger partial charge < -0.3 is 10.1 Å². The SMILES string of the molecule is C=CCNC(=S)OCCN1CCCC[C@@H]1c1cccnc1. The number of hydrogen-bond acceptors (Lipinski definition) is 4. The number of aromatic nitrogens is 1. The Balaban J connectivity index is 1.82. The molecule has 114 valence electrons. The van der Waals surface area contributed by atoms with Crippen molar-refractivity contribution < 1.29 is 4.74 Å². The topological polar surface area (TPSA) is 37.4 Å². The first-order chi connectivity index (χ1) is 10.3. The second-order valence-electron chi connectivity index (χ2n) is 5.14. The Morgan fingerprint density at radius 3 is 3.24 bits per heavy atom. The summed E-state index contributed by atoms with van der Waals surface area (Å²) >= 11 is 5.10. The lowest BCUT2D eigenvalue weighted by molar-refractivity contribution is 0.120. The number of hydrogen-bond donors (Lipinski definition) is 1. The lowest BCUT2D eigenvalue weighted by atomic mass is 9.96. The number of piperidine rings is 1. The second-order valence-corrected chi connectivity index (χ2v) is 5.51. The number of rotatable bonds is 6. The van der Waals surface area contributed by atoms with Crippen LogP contribution in [0.4, 0.5) is 0 Å². The van der Waals surface area contributed by atoms with Crippen molar-refractivity contribution in [2.45, 2.75) is 25.3 Å². The van der Waals surface area contributed by atoms with Crippen molar-refractivity contribution in [2.24, 2.45) is 0 Å². The molecule has 1 fully saturated rings. The third kappa shape index (κ3) is 5.10. The molecule has 0 bridgehead atoms. The normalized spacial score (nSPS) is 19.0. The molecule has 1 aliphatic rings. The highest BCUT2D eigenvalue weighted by atomic mass is 32.1. The van der Waals surface area contributed by atoms with E-state index in [1.165, 1.54) is 24.8 Å². The van der Waals surface area contributed by atoms with Crippen LogP contribution in [0.15, 0.2) is 37.2 Å². The van der Waals surface area contributed by atoms with Gasteiger partial charge in [0, 0.05) is 31.5 Å². The van der Waals surface area contributed by atoms with Crippen molar-refractivity contribution >= 4 is 17.4 Å². The van der Waals surface area contributed by atoms with E-state index < -0.39 is 0 Å². The van der Waals surface area contributed by atoms with E-state index in [4.69, 9.17) is 17.0 Å². The first-order valence-corrected chi connectivity index (χ1v) is 7.87. The van der Waals surface area contributed by atoms with Gasteiger partial charge in [0.1, 0.15) is 6.61 Å². The van der Waals surface area contributed by atoms with E-state index >= 15 is 0 Å². The van der Waals surface area contributed by atoms with Gasteiger partial charge >= 0.3 is 0 Å². The minimum absolute atomic E-state index is 0.449. The van der Waals surface area contributed by atoms with Crippen molar-refractivity contribution in [1.82, 2.24) is 15.2 Å². The van der Waals surface area contributed by atoms with Gasteiger partial charge in [0.15, 0.2) is 0 Å². The van der Waals surface area contributed by atoms with Crippen molar-refractivity contribution in [1.29, 1.82) is 0 Å². The molecule has 0 amide bonds. The zero-order valence-electron chi connectivity index (χ0n) is 12.3. The predicted molar refractivity (Wildman–Crippen MR) is 89.2 cm³/mol. The Labute approximate surface area is 132 Å². The summed E-state index contributed by atoms with van der Waals surface area (Å²) in [4.78, 5) is 6.71. The number of pyridine rings is 1. The fourth-order valence-corrected chi connectivity index (χ4v) is 2.84. The van der Waals surface area contributed by atoms with Crippen LogP contribution in [0.3, 0.4) is 0 Å². The molecule has 1 aromatic heterocycles. The Kier molecular flexibility index (Phi) is 6.63. The molecule has 1 aromatic rings. The maximum absolute atomic E-state index is 5.55. The van der Waals surface area contributed by atoms with Crippen LogP contribution in [0.25, 0.3) is 0 Å². The van der Waals surface area contributed by atoms with Gasteiger partial charge in [0.25, 0.3) is 5.17 Å². The fourth-order valence-electron chi connectivity index (χ4n) is 2.67. The lowest BCUT2D eigenvalue weighted by Crippen LogP contribution is -2.37. The van der Waals surface area contributed by atoms with E-state index in [-0.39, 0.29) is 0 Å². The van der Waals surface area contributed by atoms with Gasteiger partial charge in [-0.15, -0.1) is 6.58 Å².